The molecule has 0 unspecified atom stereocenters. The van der Waals surface area contributed by atoms with Crippen molar-refractivity contribution in [3.05, 3.63) is 57.6 Å². The number of hydrogen-bond donors (Lipinski definition) is 0. The van der Waals surface area contributed by atoms with Crippen molar-refractivity contribution in [1.29, 1.82) is 0 Å². The Morgan fingerprint density at radius 3 is 2.36 bits per heavy atom. The molecule has 3 rings (SSSR count). The third-order valence-corrected chi connectivity index (χ3v) is 7.04. The van der Waals surface area contributed by atoms with Gasteiger partial charge in [0.1, 0.15) is 0 Å². The maximum absolute atomic E-state index is 11.2. The largest absolute Gasteiger partial charge is 0.270 e. The van der Waals surface area contributed by atoms with E-state index in [9.17, 15) is 10.1 Å². The Kier molecular flexibility index (Phi) is 6.33. The molecular formula is C18H20N2O2S3. The predicted molar refractivity (Wildman–Crippen MR) is 108 cm³/mol. The summed E-state index contributed by atoms with van der Waals surface area (Å²) in [6.07, 6.45) is 0. The fourth-order valence-corrected chi connectivity index (χ4v) is 6.05. The van der Waals surface area contributed by atoms with Crippen molar-refractivity contribution in [3.8, 4) is 0 Å². The van der Waals surface area contributed by atoms with Crippen LogP contribution >= 0.6 is 35.5 Å². The van der Waals surface area contributed by atoms with Crippen molar-refractivity contribution >= 4 is 41.2 Å². The highest BCUT2D eigenvalue weighted by atomic mass is 32.2. The van der Waals surface area contributed by atoms with Crippen LogP contribution in [0.15, 0.2) is 51.1 Å². The average molecular weight is 393 g/mol. The van der Waals surface area contributed by atoms with Gasteiger partial charge in [-0.3, -0.25) is 10.1 Å². The van der Waals surface area contributed by atoms with E-state index in [4.69, 9.17) is 0 Å². The van der Waals surface area contributed by atoms with Gasteiger partial charge in [0, 0.05) is 51.4 Å². The van der Waals surface area contributed by atoms with Gasteiger partial charge in [0.15, 0.2) is 0 Å². The summed E-state index contributed by atoms with van der Waals surface area (Å²) in [5.41, 5.74) is 2.61. The molecule has 1 fully saturated rings. The molecule has 2 aromatic rings. The number of nitro groups is 1. The van der Waals surface area contributed by atoms with E-state index in [2.05, 4.69) is 36.4 Å². The van der Waals surface area contributed by atoms with Gasteiger partial charge in [0.25, 0.3) is 5.69 Å². The van der Waals surface area contributed by atoms with Crippen LogP contribution in [0.1, 0.15) is 11.1 Å². The van der Waals surface area contributed by atoms with E-state index in [1.165, 1.54) is 16.0 Å². The topological polar surface area (TPSA) is 46.4 Å². The number of nitrogens with zero attached hydrogens (tertiary/aromatic N) is 2. The van der Waals surface area contributed by atoms with Gasteiger partial charge in [0.05, 0.1) is 4.92 Å². The van der Waals surface area contributed by atoms with Crippen molar-refractivity contribution in [1.82, 2.24) is 4.31 Å². The van der Waals surface area contributed by atoms with Crippen LogP contribution in [-0.4, -0.2) is 33.8 Å². The summed E-state index contributed by atoms with van der Waals surface area (Å²) >= 11 is 5.28. The maximum Gasteiger partial charge on any atom is 0.270 e. The summed E-state index contributed by atoms with van der Waals surface area (Å²) in [7, 11) is 0. The van der Waals surface area contributed by atoms with Gasteiger partial charge in [-0.25, -0.2) is 4.31 Å². The number of nitro benzene ring substituents is 1. The first-order valence-corrected chi connectivity index (χ1v) is 10.8. The van der Waals surface area contributed by atoms with E-state index in [0.29, 0.717) is 0 Å². The molecule has 0 aliphatic carbocycles. The average Bonchev–Trinajstić information content (AvgIpc) is 2.56. The second kappa shape index (κ2) is 8.49. The zero-order valence-electron chi connectivity index (χ0n) is 14.2. The van der Waals surface area contributed by atoms with E-state index in [1.807, 2.05) is 17.8 Å². The van der Waals surface area contributed by atoms with Crippen LogP contribution < -0.4 is 0 Å². The molecule has 0 spiro atoms. The first-order valence-electron chi connectivity index (χ1n) is 8.06. The lowest BCUT2D eigenvalue weighted by atomic mass is 10.2. The summed E-state index contributed by atoms with van der Waals surface area (Å²) in [5, 5.41) is 11.2. The fourth-order valence-electron chi connectivity index (χ4n) is 2.66. The lowest BCUT2D eigenvalue weighted by Gasteiger charge is -2.25. The normalized spacial score (nSPS) is 15.3. The van der Waals surface area contributed by atoms with Gasteiger partial charge in [-0.1, -0.05) is 17.8 Å². The van der Waals surface area contributed by atoms with Crippen molar-refractivity contribution in [2.45, 2.75) is 28.5 Å². The number of aryl methyl sites for hydroxylation is 2. The van der Waals surface area contributed by atoms with Crippen molar-refractivity contribution < 1.29 is 4.92 Å². The summed E-state index contributed by atoms with van der Waals surface area (Å²) in [4.78, 5) is 14.1. The van der Waals surface area contributed by atoms with Gasteiger partial charge in [0.2, 0.25) is 0 Å². The van der Waals surface area contributed by atoms with E-state index >= 15 is 0 Å². The number of benzene rings is 2. The van der Waals surface area contributed by atoms with Crippen LogP contribution in [0.25, 0.3) is 0 Å². The minimum atomic E-state index is -0.318. The van der Waals surface area contributed by atoms with Crippen LogP contribution in [0.3, 0.4) is 0 Å². The van der Waals surface area contributed by atoms with Crippen molar-refractivity contribution in [3.63, 3.8) is 0 Å². The van der Waals surface area contributed by atoms with Crippen molar-refractivity contribution in [2.75, 3.05) is 24.6 Å². The second-order valence-corrected chi connectivity index (χ2v) is 9.43. The molecular weight excluding hydrogens is 372 g/mol. The molecule has 2 aromatic carbocycles. The Hall–Kier alpha value is -1.15. The number of hydrogen-bond acceptors (Lipinski definition) is 6. The lowest BCUT2D eigenvalue weighted by molar-refractivity contribution is -0.385. The molecule has 25 heavy (non-hydrogen) atoms. The molecule has 132 valence electrons. The zero-order chi connectivity index (χ0) is 17.8. The molecule has 0 atom stereocenters. The van der Waals surface area contributed by atoms with E-state index in [0.717, 1.165) is 34.4 Å². The Morgan fingerprint density at radius 2 is 1.72 bits per heavy atom. The highest BCUT2D eigenvalue weighted by Crippen LogP contribution is 2.40. The molecule has 0 saturated carbocycles. The number of non-ortho nitro benzene ring substituents is 1. The summed E-state index contributed by atoms with van der Waals surface area (Å²) in [5.74, 6) is 2.23. The molecule has 0 amide bonds. The lowest BCUT2D eigenvalue weighted by Crippen LogP contribution is -2.26. The highest BCUT2D eigenvalue weighted by Gasteiger charge is 2.18. The van der Waals surface area contributed by atoms with E-state index < -0.39 is 0 Å². The van der Waals surface area contributed by atoms with Crippen LogP contribution in [0.4, 0.5) is 5.69 Å². The van der Waals surface area contributed by atoms with Crippen LogP contribution in [0.5, 0.6) is 0 Å². The van der Waals surface area contributed by atoms with Gasteiger partial charge in [-0.2, -0.15) is 11.8 Å². The van der Waals surface area contributed by atoms with Crippen LogP contribution in [-0.2, 0) is 0 Å². The minimum Gasteiger partial charge on any atom is -0.258 e. The molecule has 0 aromatic heterocycles. The molecule has 1 heterocycles. The maximum atomic E-state index is 11.2. The first-order chi connectivity index (χ1) is 12.0. The SMILES string of the molecule is Cc1cc(C)cc(Sc2ccc([N+](=O)[O-])cc2SN2CCSCC2)c1. The Bertz CT molecular complexity index is 757. The molecule has 0 bridgehead atoms. The summed E-state index contributed by atoms with van der Waals surface area (Å²) in [6, 6.07) is 11.6. The number of thioether (sulfide) groups is 1. The molecule has 4 nitrogen and oxygen atoms in total. The predicted octanol–water partition coefficient (Wildman–Crippen LogP) is 5.42. The fraction of sp³-hybridized carbons (Fsp3) is 0.333. The summed E-state index contributed by atoms with van der Waals surface area (Å²) in [6.45, 7) is 6.19. The molecule has 1 aliphatic rings. The molecule has 7 heteroatoms. The third kappa shape index (κ3) is 5.17. The molecule has 0 N–H and O–H groups in total. The smallest absolute Gasteiger partial charge is 0.258 e. The third-order valence-electron chi connectivity index (χ3n) is 3.76. The second-order valence-electron chi connectivity index (χ2n) is 5.95. The van der Waals surface area contributed by atoms with Crippen LogP contribution in [0.2, 0.25) is 0 Å². The minimum absolute atomic E-state index is 0.152. The van der Waals surface area contributed by atoms with Gasteiger partial charge >= 0.3 is 0 Å². The first kappa shape index (κ1) is 18.6. The zero-order valence-corrected chi connectivity index (χ0v) is 16.7. The Labute approximate surface area is 161 Å². The van der Waals surface area contributed by atoms with Crippen LogP contribution in [0, 0.1) is 24.0 Å². The van der Waals surface area contributed by atoms with E-state index in [-0.39, 0.29) is 10.6 Å². The molecule has 1 saturated heterocycles. The molecule has 0 radical (unpaired) electrons. The van der Waals surface area contributed by atoms with Gasteiger partial charge in [-0.05, 0) is 55.1 Å². The Morgan fingerprint density at radius 1 is 1.04 bits per heavy atom. The van der Waals surface area contributed by atoms with E-state index in [1.54, 1.807) is 35.8 Å². The standard InChI is InChI=1S/C18H20N2O2S3/c1-13-9-14(2)11-16(10-13)24-17-4-3-15(20(21)22)12-18(17)25-19-5-7-23-8-6-19/h3-4,9-12H,5-8H2,1-2H3. The monoisotopic (exact) mass is 392 g/mol. The molecule has 1 aliphatic heterocycles. The number of rotatable bonds is 5. The van der Waals surface area contributed by atoms with Crippen molar-refractivity contribution in [2.24, 2.45) is 0 Å². The highest BCUT2D eigenvalue weighted by molar-refractivity contribution is 8.01. The van der Waals surface area contributed by atoms with Gasteiger partial charge < -0.3 is 0 Å². The van der Waals surface area contributed by atoms with Gasteiger partial charge in [-0.15, -0.1) is 0 Å². The Balaban J connectivity index is 1.89. The summed E-state index contributed by atoms with van der Waals surface area (Å²) < 4.78 is 2.31. The quantitative estimate of drug-likeness (QED) is 0.385.